The van der Waals surface area contributed by atoms with Crippen molar-refractivity contribution in [3.05, 3.63) is 57.6 Å². The van der Waals surface area contributed by atoms with E-state index in [0.717, 1.165) is 28.3 Å². The molecule has 0 spiro atoms. The monoisotopic (exact) mass is 314 g/mol. The Bertz CT molecular complexity index is 582. The average Bonchev–Trinajstić information content (AvgIpc) is 2.41. The first kappa shape index (κ1) is 14.5. The summed E-state index contributed by atoms with van der Waals surface area (Å²) in [5, 5.41) is 1.36. The van der Waals surface area contributed by atoms with Gasteiger partial charge in [0.1, 0.15) is 11.5 Å². The quantitative estimate of drug-likeness (QED) is 0.621. The van der Waals surface area contributed by atoms with Gasteiger partial charge in [-0.3, -0.25) is 0 Å². The van der Waals surface area contributed by atoms with E-state index >= 15 is 0 Å². The molecule has 0 radical (unpaired) electrons. The smallest absolute Gasteiger partial charge is 0.133 e. The Kier molecular flexibility index (Phi) is 4.98. The van der Waals surface area contributed by atoms with Gasteiger partial charge < -0.3 is 4.74 Å². The van der Waals surface area contributed by atoms with Gasteiger partial charge in [0.15, 0.2) is 0 Å². The molecule has 0 unspecified atom stereocenters. The lowest BCUT2D eigenvalue weighted by Gasteiger charge is -2.12. The second-order valence-electron chi connectivity index (χ2n) is 4.06. The molecule has 0 saturated heterocycles. The molecule has 0 atom stereocenters. The molecule has 0 heterocycles. The summed E-state index contributed by atoms with van der Waals surface area (Å²) in [7, 11) is 0. The van der Waals surface area contributed by atoms with Crippen LogP contribution in [0, 0.1) is 0 Å². The zero-order valence-electron chi connectivity index (χ0n) is 10.4. The molecular formula is C15H13Cl3O. The SMILES string of the molecule is CCc1cc(Oc2cccc(Cl)c2CCl)ccc1Cl. The van der Waals surface area contributed by atoms with E-state index in [9.17, 15) is 0 Å². The second kappa shape index (κ2) is 6.51. The number of hydrogen-bond donors (Lipinski definition) is 0. The fraction of sp³-hybridized carbons (Fsp3) is 0.200. The molecule has 4 heteroatoms. The van der Waals surface area contributed by atoms with E-state index in [1.54, 1.807) is 6.07 Å². The van der Waals surface area contributed by atoms with E-state index in [4.69, 9.17) is 39.5 Å². The minimum Gasteiger partial charge on any atom is -0.457 e. The van der Waals surface area contributed by atoms with Gasteiger partial charge in [-0.1, -0.05) is 36.2 Å². The van der Waals surface area contributed by atoms with Crippen molar-refractivity contribution in [2.24, 2.45) is 0 Å². The summed E-state index contributed by atoms with van der Waals surface area (Å²) in [5.74, 6) is 1.71. The fourth-order valence-electron chi connectivity index (χ4n) is 1.78. The molecule has 2 aromatic carbocycles. The van der Waals surface area contributed by atoms with Gasteiger partial charge in [0.05, 0.1) is 5.88 Å². The van der Waals surface area contributed by atoms with Crippen molar-refractivity contribution < 1.29 is 4.74 Å². The van der Waals surface area contributed by atoms with Gasteiger partial charge >= 0.3 is 0 Å². The molecule has 0 amide bonds. The van der Waals surface area contributed by atoms with Crippen molar-refractivity contribution in [2.75, 3.05) is 0 Å². The number of halogens is 3. The van der Waals surface area contributed by atoms with E-state index in [1.807, 2.05) is 30.3 Å². The first-order chi connectivity index (χ1) is 9.15. The van der Waals surface area contributed by atoms with Crippen molar-refractivity contribution >= 4 is 34.8 Å². The highest BCUT2D eigenvalue weighted by molar-refractivity contribution is 6.32. The van der Waals surface area contributed by atoms with Crippen LogP contribution in [0.4, 0.5) is 0 Å². The molecule has 0 aromatic heterocycles. The highest BCUT2D eigenvalue weighted by atomic mass is 35.5. The molecule has 0 saturated carbocycles. The van der Waals surface area contributed by atoms with Gasteiger partial charge in [0.25, 0.3) is 0 Å². The number of rotatable bonds is 4. The predicted molar refractivity (Wildman–Crippen MR) is 81.9 cm³/mol. The molecule has 2 aromatic rings. The standard InChI is InChI=1S/C15H13Cl3O/c1-2-10-8-11(6-7-13(10)17)19-15-5-3-4-14(18)12(15)9-16/h3-8H,2,9H2,1H3. The van der Waals surface area contributed by atoms with E-state index < -0.39 is 0 Å². The Morgan fingerprint density at radius 3 is 2.53 bits per heavy atom. The van der Waals surface area contributed by atoms with Crippen LogP contribution >= 0.6 is 34.8 Å². The molecule has 0 bridgehead atoms. The van der Waals surface area contributed by atoms with Gasteiger partial charge in [-0.2, -0.15) is 0 Å². The zero-order valence-corrected chi connectivity index (χ0v) is 12.7. The summed E-state index contributed by atoms with van der Waals surface area (Å²) in [4.78, 5) is 0. The largest absolute Gasteiger partial charge is 0.457 e. The van der Waals surface area contributed by atoms with E-state index in [0.29, 0.717) is 16.7 Å². The van der Waals surface area contributed by atoms with Crippen LogP contribution in [-0.2, 0) is 12.3 Å². The van der Waals surface area contributed by atoms with E-state index in [-0.39, 0.29) is 0 Å². The summed E-state index contributed by atoms with van der Waals surface area (Å²) in [6, 6.07) is 11.1. The maximum Gasteiger partial charge on any atom is 0.133 e. The number of alkyl halides is 1. The Labute approximate surface area is 128 Å². The maximum absolute atomic E-state index is 6.09. The maximum atomic E-state index is 6.09. The van der Waals surface area contributed by atoms with Crippen LogP contribution in [0.2, 0.25) is 10.0 Å². The molecule has 0 aliphatic heterocycles. The van der Waals surface area contributed by atoms with Gasteiger partial charge in [0, 0.05) is 15.6 Å². The van der Waals surface area contributed by atoms with Gasteiger partial charge in [-0.15, -0.1) is 11.6 Å². The summed E-state index contributed by atoms with van der Waals surface area (Å²) in [6.45, 7) is 2.05. The Morgan fingerprint density at radius 2 is 1.84 bits per heavy atom. The predicted octanol–water partition coefficient (Wildman–Crippen LogP) is 6.09. The van der Waals surface area contributed by atoms with Crippen molar-refractivity contribution in [3.8, 4) is 11.5 Å². The second-order valence-corrected chi connectivity index (χ2v) is 5.14. The summed E-state index contributed by atoms with van der Waals surface area (Å²) in [6.07, 6.45) is 0.855. The molecule has 0 fully saturated rings. The van der Waals surface area contributed by atoms with Gasteiger partial charge in [-0.25, -0.2) is 0 Å². The zero-order chi connectivity index (χ0) is 13.8. The normalized spacial score (nSPS) is 10.5. The third-order valence-electron chi connectivity index (χ3n) is 2.84. The molecule has 19 heavy (non-hydrogen) atoms. The lowest BCUT2D eigenvalue weighted by Crippen LogP contribution is -1.92. The van der Waals surface area contributed by atoms with Crippen LogP contribution in [-0.4, -0.2) is 0 Å². The minimum atomic E-state index is 0.309. The van der Waals surface area contributed by atoms with Crippen LogP contribution in [0.3, 0.4) is 0 Å². The highest BCUT2D eigenvalue weighted by Crippen LogP contribution is 2.33. The number of ether oxygens (including phenoxy) is 1. The third-order valence-corrected chi connectivity index (χ3v) is 3.83. The van der Waals surface area contributed by atoms with Crippen LogP contribution < -0.4 is 4.74 Å². The minimum absolute atomic E-state index is 0.309. The van der Waals surface area contributed by atoms with Crippen molar-refractivity contribution in [1.82, 2.24) is 0 Å². The molecule has 0 aliphatic carbocycles. The molecule has 2 rings (SSSR count). The fourth-order valence-corrected chi connectivity index (χ4v) is 2.60. The molecule has 100 valence electrons. The summed E-state index contributed by atoms with van der Waals surface area (Å²) < 4.78 is 5.85. The van der Waals surface area contributed by atoms with Gasteiger partial charge in [-0.05, 0) is 42.3 Å². The van der Waals surface area contributed by atoms with Crippen LogP contribution in [0.15, 0.2) is 36.4 Å². The van der Waals surface area contributed by atoms with Crippen molar-refractivity contribution in [1.29, 1.82) is 0 Å². The Balaban J connectivity index is 2.33. The van der Waals surface area contributed by atoms with Crippen molar-refractivity contribution in [2.45, 2.75) is 19.2 Å². The molecular weight excluding hydrogens is 303 g/mol. The first-order valence-corrected chi connectivity index (χ1v) is 7.24. The lowest BCUT2D eigenvalue weighted by atomic mass is 10.1. The van der Waals surface area contributed by atoms with Crippen LogP contribution in [0.25, 0.3) is 0 Å². The number of hydrogen-bond acceptors (Lipinski definition) is 1. The lowest BCUT2D eigenvalue weighted by molar-refractivity contribution is 0.478. The first-order valence-electron chi connectivity index (χ1n) is 5.95. The summed E-state index contributed by atoms with van der Waals surface area (Å²) in [5.41, 5.74) is 1.84. The Hall–Kier alpha value is -0.890. The highest BCUT2D eigenvalue weighted by Gasteiger charge is 2.09. The van der Waals surface area contributed by atoms with Crippen LogP contribution in [0.1, 0.15) is 18.1 Å². The van der Waals surface area contributed by atoms with Crippen LogP contribution in [0.5, 0.6) is 11.5 Å². The average molecular weight is 316 g/mol. The van der Waals surface area contributed by atoms with E-state index in [2.05, 4.69) is 6.92 Å². The summed E-state index contributed by atoms with van der Waals surface area (Å²) >= 11 is 18.1. The molecule has 0 N–H and O–H groups in total. The third kappa shape index (κ3) is 3.36. The number of aryl methyl sites for hydroxylation is 1. The van der Waals surface area contributed by atoms with E-state index in [1.165, 1.54) is 0 Å². The number of benzene rings is 2. The van der Waals surface area contributed by atoms with Gasteiger partial charge in [0.2, 0.25) is 0 Å². The molecule has 1 nitrogen and oxygen atoms in total. The van der Waals surface area contributed by atoms with Crippen molar-refractivity contribution in [3.63, 3.8) is 0 Å². The topological polar surface area (TPSA) is 9.23 Å². The Morgan fingerprint density at radius 1 is 1.05 bits per heavy atom. The molecule has 0 aliphatic rings.